The van der Waals surface area contributed by atoms with E-state index in [0.717, 1.165) is 23.0 Å². The first kappa shape index (κ1) is 18.5. The van der Waals surface area contributed by atoms with Crippen molar-refractivity contribution in [2.45, 2.75) is 24.2 Å². The van der Waals surface area contributed by atoms with Crippen molar-refractivity contribution in [3.8, 4) is 0 Å². The van der Waals surface area contributed by atoms with E-state index in [1.165, 1.54) is 0 Å². The van der Waals surface area contributed by atoms with Gasteiger partial charge < -0.3 is 9.13 Å². The van der Waals surface area contributed by atoms with Crippen LogP contribution in [0.15, 0.2) is 62.0 Å². The topological polar surface area (TPSA) is 111 Å². The second-order valence-electron chi connectivity index (χ2n) is 7.30. The van der Waals surface area contributed by atoms with Gasteiger partial charge in [0.05, 0.1) is 47.9 Å². The van der Waals surface area contributed by atoms with Crippen LogP contribution in [-0.4, -0.2) is 39.0 Å². The molecule has 4 aromatic rings. The maximum Gasteiger partial charge on any atom is 0.127 e. The van der Waals surface area contributed by atoms with E-state index in [2.05, 4.69) is 40.5 Å². The highest BCUT2D eigenvalue weighted by Crippen LogP contribution is 2.40. The Morgan fingerprint density at radius 2 is 1.07 bits per heavy atom. The highest BCUT2D eigenvalue weighted by molar-refractivity contribution is 5.22. The predicted octanol–water partition coefficient (Wildman–Crippen LogP) is 1.19. The van der Waals surface area contributed by atoms with Gasteiger partial charge in [-0.3, -0.25) is 30.6 Å². The van der Waals surface area contributed by atoms with E-state index in [1.807, 2.05) is 35.6 Å². The molecule has 1 fully saturated rings. The average molecular weight is 402 g/mol. The summed E-state index contributed by atoms with van der Waals surface area (Å²) in [6.07, 6.45) is 17.8. The Morgan fingerprint density at radius 1 is 0.600 bits per heavy atom. The van der Waals surface area contributed by atoms with E-state index in [-0.39, 0.29) is 24.2 Å². The first-order chi connectivity index (χ1) is 14.7. The molecule has 2 N–H and O–H groups in total. The molecule has 4 atom stereocenters. The molecule has 10 nitrogen and oxygen atoms in total. The lowest BCUT2D eigenvalue weighted by Crippen LogP contribution is -2.51. The van der Waals surface area contributed by atoms with Gasteiger partial charge in [-0.25, -0.2) is 9.97 Å². The van der Waals surface area contributed by atoms with Gasteiger partial charge in [0.15, 0.2) is 0 Å². The van der Waals surface area contributed by atoms with Crippen LogP contribution < -0.4 is 10.6 Å². The highest BCUT2D eigenvalue weighted by Gasteiger charge is 2.43. The van der Waals surface area contributed by atoms with Crippen molar-refractivity contribution in [3.63, 3.8) is 0 Å². The van der Waals surface area contributed by atoms with Crippen LogP contribution in [-0.2, 0) is 14.1 Å². The largest absolute Gasteiger partial charge is 0.337 e. The lowest BCUT2D eigenvalue weighted by atomic mass is 9.91. The lowest BCUT2D eigenvalue weighted by Gasteiger charge is -2.42. The van der Waals surface area contributed by atoms with Gasteiger partial charge in [-0.1, -0.05) is 0 Å². The normalized spacial score (nSPS) is 24.1. The molecular weight excluding hydrogens is 380 g/mol. The van der Waals surface area contributed by atoms with Crippen molar-refractivity contribution in [2.24, 2.45) is 14.1 Å². The molecule has 1 aliphatic rings. The van der Waals surface area contributed by atoms with E-state index in [1.54, 1.807) is 49.6 Å². The molecule has 4 aromatic heterocycles. The Morgan fingerprint density at radius 3 is 1.40 bits per heavy atom. The fourth-order valence-electron chi connectivity index (χ4n) is 4.03. The maximum atomic E-state index is 4.61. The van der Waals surface area contributed by atoms with Gasteiger partial charge in [0.1, 0.15) is 11.6 Å². The standard InChI is InChI=1S/C20H22N10/c1-29-9-7-25-19(29)17-18(20-26-8-10-30(20)2)28-16(14-12-22-4-6-24-14)15(27-17)13-11-21-3-5-23-13/h3-12,15-18,27-28H,1-2H3/t15-,16-,17-,18-/m0/s1. The Bertz CT molecular complexity index is 1020. The molecule has 1 saturated heterocycles. The van der Waals surface area contributed by atoms with Gasteiger partial charge in [0.25, 0.3) is 0 Å². The van der Waals surface area contributed by atoms with Gasteiger partial charge in [-0.05, 0) is 0 Å². The molecule has 152 valence electrons. The minimum Gasteiger partial charge on any atom is -0.337 e. The molecular formula is C20H22N10. The second-order valence-corrected chi connectivity index (χ2v) is 7.30. The van der Waals surface area contributed by atoms with Crippen molar-refractivity contribution < 1.29 is 0 Å². The number of imidazole rings is 2. The number of nitrogens with one attached hydrogen (secondary N) is 2. The number of hydrogen-bond donors (Lipinski definition) is 2. The smallest absolute Gasteiger partial charge is 0.127 e. The molecule has 5 rings (SSSR count). The Hall–Kier alpha value is -3.50. The summed E-state index contributed by atoms with van der Waals surface area (Å²) >= 11 is 0. The van der Waals surface area contributed by atoms with Gasteiger partial charge in [0.2, 0.25) is 0 Å². The molecule has 0 amide bonds. The number of aryl methyl sites for hydroxylation is 2. The number of rotatable bonds is 4. The maximum absolute atomic E-state index is 4.61. The summed E-state index contributed by atoms with van der Waals surface area (Å²) in [5.41, 5.74) is 1.64. The number of hydrogen-bond acceptors (Lipinski definition) is 8. The summed E-state index contributed by atoms with van der Waals surface area (Å²) < 4.78 is 4.04. The Balaban J connectivity index is 1.63. The van der Waals surface area contributed by atoms with E-state index in [0.29, 0.717) is 0 Å². The molecule has 0 radical (unpaired) electrons. The molecule has 5 heterocycles. The fraction of sp³-hybridized carbons (Fsp3) is 0.300. The predicted molar refractivity (Wildman–Crippen MR) is 108 cm³/mol. The number of aromatic nitrogens is 8. The summed E-state index contributed by atoms with van der Waals surface area (Å²) in [4.78, 5) is 26.9. The first-order valence-electron chi connectivity index (χ1n) is 9.70. The third-order valence-electron chi connectivity index (χ3n) is 5.46. The van der Waals surface area contributed by atoms with E-state index in [9.17, 15) is 0 Å². The summed E-state index contributed by atoms with van der Waals surface area (Å²) in [7, 11) is 3.98. The fourth-order valence-corrected chi connectivity index (χ4v) is 4.03. The molecule has 30 heavy (non-hydrogen) atoms. The van der Waals surface area contributed by atoms with Crippen LogP contribution in [0.3, 0.4) is 0 Å². The molecule has 1 aliphatic heterocycles. The monoisotopic (exact) mass is 402 g/mol. The van der Waals surface area contributed by atoms with E-state index in [4.69, 9.17) is 0 Å². The van der Waals surface area contributed by atoms with Gasteiger partial charge in [-0.15, -0.1) is 0 Å². The number of nitrogens with zero attached hydrogens (tertiary/aromatic N) is 8. The van der Waals surface area contributed by atoms with Gasteiger partial charge in [-0.2, -0.15) is 0 Å². The van der Waals surface area contributed by atoms with Crippen molar-refractivity contribution in [1.29, 1.82) is 0 Å². The van der Waals surface area contributed by atoms with Crippen LogP contribution in [0.2, 0.25) is 0 Å². The zero-order chi connectivity index (χ0) is 20.5. The lowest BCUT2D eigenvalue weighted by molar-refractivity contribution is 0.189. The molecule has 0 unspecified atom stereocenters. The summed E-state index contributed by atoms with van der Waals surface area (Å²) in [5.74, 6) is 1.81. The molecule has 0 bridgehead atoms. The third kappa shape index (κ3) is 3.25. The minimum absolute atomic E-state index is 0.147. The molecule has 0 aliphatic carbocycles. The van der Waals surface area contributed by atoms with E-state index >= 15 is 0 Å². The molecule has 0 saturated carbocycles. The summed E-state index contributed by atoms with van der Waals surface area (Å²) in [5, 5.41) is 7.52. The second kappa shape index (κ2) is 7.73. The zero-order valence-electron chi connectivity index (χ0n) is 16.7. The van der Waals surface area contributed by atoms with Crippen molar-refractivity contribution >= 4 is 0 Å². The molecule has 10 heteroatoms. The van der Waals surface area contributed by atoms with Crippen LogP contribution in [0, 0.1) is 0 Å². The Kier molecular flexibility index (Phi) is 4.77. The van der Waals surface area contributed by atoms with Crippen LogP contribution in [0.5, 0.6) is 0 Å². The average Bonchev–Trinajstić information content (AvgIpc) is 3.42. The van der Waals surface area contributed by atoms with Crippen molar-refractivity contribution in [1.82, 2.24) is 49.7 Å². The van der Waals surface area contributed by atoms with Crippen molar-refractivity contribution in [3.05, 3.63) is 85.0 Å². The van der Waals surface area contributed by atoms with Crippen LogP contribution in [0.25, 0.3) is 0 Å². The summed E-state index contributed by atoms with van der Waals surface area (Å²) in [6, 6.07) is -0.667. The quantitative estimate of drug-likeness (QED) is 0.524. The van der Waals surface area contributed by atoms with Gasteiger partial charge in [0, 0.05) is 63.7 Å². The van der Waals surface area contributed by atoms with E-state index < -0.39 is 0 Å². The highest BCUT2D eigenvalue weighted by atomic mass is 15.2. The number of piperazine rings is 1. The van der Waals surface area contributed by atoms with Crippen molar-refractivity contribution in [2.75, 3.05) is 0 Å². The third-order valence-corrected chi connectivity index (χ3v) is 5.46. The van der Waals surface area contributed by atoms with Gasteiger partial charge >= 0.3 is 0 Å². The first-order valence-corrected chi connectivity index (χ1v) is 9.70. The van der Waals surface area contributed by atoms with Crippen LogP contribution >= 0.6 is 0 Å². The zero-order valence-corrected chi connectivity index (χ0v) is 16.7. The SMILES string of the molecule is Cn1ccnc1[C@H]1N[C@@H](c2cnccn2)[C@H](c2cnccn2)N[C@@H]1c1nccn1C. The summed E-state index contributed by atoms with van der Waals surface area (Å²) in [6.45, 7) is 0. The molecule has 0 spiro atoms. The molecule has 0 aromatic carbocycles. The Labute approximate surface area is 173 Å². The minimum atomic E-state index is -0.186. The van der Waals surface area contributed by atoms with Crippen LogP contribution in [0.4, 0.5) is 0 Å². The van der Waals surface area contributed by atoms with Crippen LogP contribution in [0.1, 0.15) is 47.2 Å².